The Balaban J connectivity index is 3.96. The fourth-order valence-electron chi connectivity index (χ4n) is 1.13. The number of ether oxygens (including phenoxy) is 1. The lowest BCUT2D eigenvalue weighted by Crippen LogP contribution is -2.44. The Morgan fingerprint density at radius 2 is 2.06 bits per heavy atom. The molecule has 104 valence electrons. The lowest BCUT2D eigenvalue weighted by atomic mass is 10.2. The number of carbonyl (C=O) groups excluding carboxylic acids is 2. The molecule has 0 heterocycles. The monoisotopic (exact) mass is 258 g/mol. The van der Waals surface area contributed by atoms with Crippen LogP contribution >= 0.6 is 0 Å². The Kier molecular flexibility index (Phi) is 7.04. The van der Waals surface area contributed by atoms with Crippen LogP contribution in [0.1, 0.15) is 27.2 Å². The molecule has 0 aliphatic rings. The molecule has 2 amide bonds. The summed E-state index contributed by atoms with van der Waals surface area (Å²) < 4.78 is 4.97. The number of carbonyl (C=O) groups is 2. The zero-order chi connectivity index (χ0) is 14.2. The maximum atomic E-state index is 11.4. The first-order valence-electron chi connectivity index (χ1n) is 5.76. The maximum absolute atomic E-state index is 11.4. The normalized spacial score (nSPS) is 12.4. The summed E-state index contributed by atoms with van der Waals surface area (Å²) in [5, 5.41) is 13.8. The van der Waals surface area contributed by atoms with Gasteiger partial charge in [-0.2, -0.15) is 0 Å². The number of aliphatic hydroxyl groups excluding tert-OH is 1. The van der Waals surface area contributed by atoms with Gasteiger partial charge in [-0.05, 0) is 27.2 Å². The summed E-state index contributed by atoms with van der Waals surface area (Å²) in [6.45, 7) is 8.35. The smallest absolute Gasteiger partial charge is 0.408 e. The highest BCUT2D eigenvalue weighted by atomic mass is 16.6. The van der Waals surface area contributed by atoms with Gasteiger partial charge in [0.2, 0.25) is 5.91 Å². The van der Waals surface area contributed by atoms with E-state index >= 15 is 0 Å². The topological polar surface area (TPSA) is 87.7 Å². The van der Waals surface area contributed by atoms with E-state index in [1.54, 1.807) is 26.8 Å². The van der Waals surface area contributed by atoms with Gasteiger partial charge in [-0.1, -0.05) is 6.08 Å². The molecule has 0 aromatic rings. The van der Waals surface area contributed by atoms with Crippen molar-refractivity contribution in [2.24, 2.45) is 0 Å². The van der Waals surface area contributed by atoms with Gasteiger partial charge in [0, 0.05) is 0 Å². The number of hydrogen-bond acceptors (Lipinski definition) is 4. The van der Waals surface area contributed by atoms with Gasteiger partial charge < -0.3 is 20.5 Å². The minimum atomic E-state index is -0.651. The van der Waals surface area contributed by atoms with Crippen molar-refractivity contribution in [2.45, 2.75) is 38.8 Å². The zero-order valence-corrected chi connectivity index (χ0v) is 11.2. The Hall–Kier alpha value is -1.56. The molecule has 18 heavy (non-hydrogen) atoms. The quantitative estimate of drug-likeness (QED) is 0.608. The van der Waals surface area contributed by atoms with Crippen LogP contribution in [0.5, 0.6) is 0 Å². The average Bonchev–Trinajstić information content (AvgIpc) is 2.23. The van der Waals surface area contributed by atoms with Gasteiger partial charge in [0.25, 0.3) is 0 Å². The summed E-state index contributed by atoms with van der Waals surface area (Å²) in [5.41, 5.74) is -0.600. The molecule has 0 radical (unpaired) electrons. The van der Waals surface area contributed by atoms with Crippen LogP contribution in [0.4, 0.5) is 4.79 Å². The van der Waals surface area contributed by atoms with Crippen LogP contribution in [-0.2, 0) is 9.53 Å². The molecule has 0 bridgehead atoms. The SMILES string of the molecule is C=CC[C@@H](CO)NC(=O)CNC(=O)OC(C)(C)C. The van der Waals surface area contributed by atoms with Gasteiger partial charge in [-0.3, -0.25) is 4.79 Å². The molecule has 3 N–H and O–H groups in total. The Morgan fingerprint density at radius 1 is 1.44 bits per heavy atom. The lowest BCUT2D eigenvalue weighted by Gasteiger charge is -2.20. The Morgan fingerprint density at radius 3 is 2.50 bits per heavy atom. The predicted octanol–water partition coefficient (Wildman–Crippen LogP) is 0.564. The highest BCUT2D eigenvalue weighted by molar-refractivity contribution is 5.82. The molecule has 0 fully saturated rings. The van der Waals surface area contributed by atoms with Crippen LogP contribution in [0, 0.1) is 0 Å². The van der Waals surface area contributed by atoms with Crippen molar-refractivity contribution in [1.82, 2.24) is 10.6 Å². The molecule has 6 nitrogen and oxygen atoms in total. The second kappa shape index (κ2) is 7.71. The summed E-state index contributed by atoms with van der Waals surface area (Å²) in [6, 6.07) is -0.379. The van der Waals surface area contributed by atoms with Crippen LogP contribution in [0.15, 0.2) is 12.7 Å². The standard InChI is InChI=1S/C12H22N2O4/c1-5-6-9(8-15)14-10(16)7-13-11(17)18-12(2,3)4/h5,9,15H,1,6-8H2,2-4H3,(H,13,17)(H,14,16)/t9-/m0/s1. The van der Waals surface area contributed by atoms with E-state index in [2.05, 4.69) is 17.2 Å². The van der Waals surface area contributed by atoms with Gasteiger partial charge in [0.1, 0.15) is 12.1 Å². The molecular weight excluding hydrogens is 236 g/mol. The second-order valence-electron chi connectivity index (χ2n) is 4.83. The zero-order valence-electron chi connectivity index (χ0n) is 11.2. The van der Waals surface area contributed by atoms with Gasteiger partial charge >= 0.3 is 6.09 Å². The number of aliphatic hydroxyl groups is 1. The van der Waals surface area contributed by atoms with Crippen molar-refractivity contribution in [3.8, 4) is 0 Å². The van der Waals surface area contributed by atoms with E-state index in [1.165, 1.54) is 0 Å². The predicted molar refractivity (Wildman–Crippen MR) is 68.1 cm³/mol. The average molecular weight is 258 g/mol. The van der Waals surface area contributed by atoms with Crippen LogP contribution in [0.3, 0.4) is 0 Å². The van der Waals surface area contributed by atoms with E-state index in [1.807, 2.05) is 0 Å². The van der Waals surface area contributed by atoms with Crippen molar-refractivity contribution in [2.75, 3.05) is 13.2 Å². The molecule has 0 aliphatic heterocycles. The first kappa shape index (κ1) is 16.4. The summed E-state index contributed by atoms with van der Waals surface area (Å²) in [6.07, 6.45) is 1.42. The molecule has 1 atom stereocenters. The van der Waals surface area contributed by atoms with E-state index in [0.717, 1.165) is 0 Å². The van der Waals surface area contributed by atoms with Crippen molar-refractivity contribution in [3.05, 3.63) is 12.7 Å². The van der Waals surface area contributed by atoms with Crippen molar-refractivity contribution in [1.29, 1.82) is 0 Å². The van der Waals surface area contributed by atoms with Crippen LogP contribution in [-0.4, -0.2) is 41.9 Å². The van der Waals surface area contributed by atoms with Crippen molar-refractivity contribution in [3.63, 3.8) is 0 Å². The number of rotatable bonds is 6. The Labute approximate surface area is 107 Å². The van der Waals surface area contributed by atoms with E-state index < -0.39 is 11.7 Å². The number of hydrogen-bond donors (Lipinski definition) is 3. The molecule has 6 heteroatoms. The molecule has 0 spiro atoms. The minimum absolute atomic E-state index is 0.176. The third-order valence-electron chi connectivity index (χ3n) is 1.83. The van der Waals surface area contributed by atoms with Gasteiger partial charge in [0.15, 0.2) is 0 Å². The largest absolute Gasteiger partial charge is 0.444 e. The summed E-state index contributed by atoms with van der Waals surface area (Å²) in [7, 11) is 0. The summed E-state index contributed by atoms with van der Waals surface area (Å²) >= 11 is 0. The highest BCUT2D eigenvalue weighted by Crippen LogP contribution is 2.06. The molecule has 0 rings (SSSR count). The first-order chi connectivity index (χ1) is 8.28. The fourth-order valence-corrected chi connectivity index (χ4v) is 1.13. The molecule has 0 aromatic carbocycles. The molecule has 0 saturated heterocycles. The van der Waals surface area contributed by atoms with Crippen LogP contribution < -0.4 is 10.6 Å². The summed E-state index contributed by atoms with van der Waals surface area (Å²) in [5.74, 6) is -0.387. The van der Waals surface area contributed by atoms with E-state index in [0.29, 0.717) is 6.42 Å². The minimum Gasteiger partial charge on any atom is -0.444 e. The second-order valence-corrected chi connectivity index (χ2v) is 4.83. The van der Waals surface area contributed by atoms with Crippen molar-refractivity contribution < 1.29 is 19.4 Å². The molecule has 0 saturated carbocycles. The summed E-state index contributed by atoms with van der Waals surface area (Å²) in [4.78, 5) is 22.7. The third-order valence-corrected chi connectivity index (χ3v) is 1.83. The number of amides is 2. The Bertz CT molecular complexity index is 297. The van der Waals surface area contributed by atoms with Crippen LogP contribution in [0.2, 0.25) is 0 Å². The maximum Gasteiger partial charge on any atom is 0.408 e. The van der Waals surface area contributed by atoms with E-state index in [9.17, 15) is 9.59 Å². The number of nitrogens with one attached hydrogen (secondary N) is 2. The van der Waals surface area contributed by atoms with Gasteiger partial charge in [-0.15, -0.1) is 6.58 Å². The molecule has 0 aliphatic carbocycles. The first-order valence-corrected chi connectivity index (χ1v) is 5.76. The van der Waals surface area contributed by atoms with E-state index in [-0.39, 0.29) is 25.1 Å². The number of alkyl carbamates (subject to hydrolysis) is 1. The van der Waals surface area contributed by atoms with E-state index in [4.69, 9.17) is 9.84 Å². The highest BCUT2D eigenvalue weighted by Gasteiger charge is 2.17. The molecule has 0 aromatic heterocycles. The van der Waals surface area contributed by atoms with Crippen LogP contribution in [0.25, 0.3) is 0 Å². The van der Waals surface area contributed by atoms with Gasteiger partial charge in [0.05, 0.1) is 12.6 Å². The fraction of sp³-hybridized carbons (Fsp3) is 0.667. The molecular formula is C12H22N2O4. The molecule has 0 unspecified atom stereocenters. The third kappa shape index (κ3) is 8.58. The van der Waals surface area contributed by atoms with Crippen molar-refractivity contribution >= 4 is 12.0 Å². The van der Waals surface area contributed by atoms with Gasteiger partial charge in [-0.25, -0.2) is 4.79 Å². The lowest BCUT2D eigenvalue weighted by molar-refractivity contribution is -0.121.